The van der Waals surface area contributed by atoms with E-state index in [-0.39, 0.29) is 0 Å². The molecule has 2 nitrogen and oxygen atoms in total. The van der Waals surface area contributed by atoms with Crippen LogP contribution in [0.2, 0.25) is 5.02 Å². The van der Waals surface area contributed by atoms with Crippen LogP contribution in [-0.4, -0.2) is 23.3 Å². The molecule has 0 aliphatic heterocycles. The average molecular weight is 273 g/mol. The Bertz CT molecular complexity index is 316. The fourth-order valence-corrected chi connectivity index (χ4v) is 2.79. The Hall–Kier alpha value is -0.250. The molecule has 2 unspecified atom stereocenters. The van der Waals surface area contributed by atoms with E-state index in [0.717, 1.165) is 17.3 Å². The number of nitrogens with zero attached hydrogens (tertiary/aromatic N) is 1. The zero-order chi connectivity index (χ0) is 12.7. The van der Waals surface area contributed by atoms with Gasteiger partial charge in [-0.15, -0.1) is 11.8 Å². The van der Waals surface area contributed by atoms with E-state index in [9.17, 15) is 0 Å². The summed E-state index contributed by atoms with van der Waals surface area (Å²) in [6, 6.07) is 4.42. The summed E-state index contributed by atoms with van der Waals surface area (Å²) in [4.78, 5) is 4.30. The molecular weight excluding hydrogens is 252 g/mol. The molecule has 0 radical (unpaired) electrons. The molecule has 0 fully saturated rings. The number of hydrogen-bond donors (Lipinski definition) is 1. The molecule has 0 spiro atoms. The van der Waals surface area contributed by atoms with E-state index in [1.165, 1.54) is 6.42 Å². The lowest BCUT2D eigenvalue weighted by Crippen LogP contribution is -2.36. The predicted molar refractivity (Wildman–Crippen MR) is 76.9 cm³/mol. The van der Waals surface area contributed by atoms with Crippen LogP contribution in [0.1, 0.15) is 27.2 Å². The van der Waals surface area contributed by atoms with Crippen molar-refractivity contribution in [3.05, 3.63) is 23.4 Å². The average Bonchev–Trinajstić information content (AvgIpc) is 2.35. The summed E-state index contributed by atoms with van der Waals surface area (Å²) in [7, 11) is 0. The number of halogens is 1. The van der Waals surface area contributed by atoms with Gasteiger partial charge in [0.05, 0.1) is 10.0 Å². The smallest absolute Gasteiger partial charge is 0.0961 e. The molecule has 1 aromatic rings. The van der Waals surface area contributed by atoms with Crippen molar-refractivity contribution < 1.29 is 0 Å². The molecule has 0 amide bonds. The van der Waals surface area contributed by atoms with Gasteiger partial charge in [0.1, 0.15) is 0 Å². The van der Waals surface area contributed by atoms with Gasteiger partial charge >= 0.3 is 0 Å². The minimum atomic E-state index is 0.549. The van der Waals surface area contributed by atoms with Crippen LogP contribution in [0.3, 0.4) is 0 Å². The Balaban J connectivity index is 2.48. The molecule has 17 heavy (non-hydrogen) atoms. The van der Waals surface area contributed by atoms with Gasteiger partial charge < -0.3 is 5.32 Å². The Morgan fingerprint density at radius 2 is 2.18 bits per heavy atom. The van der Waals surface area contributed by atoms with Crippen molar-refractivity contribution in [2.24, 2.45) is 5.92 Å². The van der Waals surface area contributed by atoms with E-state index in [4.69, 9.17) is 11.6 Å². The first-order valence-corrected chi connectivity index (χ1v) is 7.51. The number of hydrogen-bond acceptors (Lipinski definition) is 3. The Morgan fingerprint density at radius 3 is 2.71 bits per heavy atom. The summed E-state index contributed by atoms with van der Waals surface area (Å²) < 4.78 is 0. The van der Waals surface area contributed by atoms with Crippen molar-refractivity contribution in [2.45, 2.75) is 38.3 Å². The van der Waals surface area contributed by atoms with Crippen molar-refractivity contribution in [3.8, 4) is 0 Å². The molecule has 96 valence electrons. The molecule has 0 saturated heterocycles. The first-order chi connectivity index (χ1) is 8.17. The van der Waals surface area contributed by atoms with E-state index in [1.807, 2.05) is 12.1 Å². The first-order valence-electron chi connectivity index (χ1n) is 6.15. The van der Waals surface area contributed by atoms with Crippen LogP contribution in [0, 0.1) is 5.92 Å². The van der Waals surface area contributed by atoms with Crippen LogP contribution in [0.5, 0.6) is 0 Å². The minimum absolute atomic E-state index is 0.549. The molecule has 0 aromatic carbocycles. The number of nitrogens with one attached hydrogen (secondary N) is 1. The molecule has 0 saturated carbocycles. The second-order valence-corrected chi connectivity index (χ2v) is 5.65. The van der Waals surface area contributed by atoms with E-state index < -0.39 is 0 Å². The van der Waals surface area contributed by atoms with Gasteiger partial charge in [-0.25, -0.2) is 4.98 Å². The summed E-state index contributed by atoms with van der Waals surface area (Å²) in [6.07, 6.45) is 2.90. The lowest BCUT2D eigenvalue weighted by molar-refractivity contribution is 0.404. The molecule has 2 atom stereocenters. The second kappa shape index (κ2) is 7.96. The molecule has 1 rings (SSSR count). The summed E-state index contributed by atoms with van der Waals surface area (Å²) in [5.74, 6) is 1.74. The van der Waals surface area contributed by atoms with E-state index >= 15 is 0 Å². The van der Waals surface area contributed by atoms with Crippen molar-refractivity contribution in [3.63, 3.8) is 0 Å². The van der Waals surface area contributed by atoms with Crippen molar-refractivity contribution >= 4 is 23.4 Å². The van der Waals surface area contributed by atoms with Gasteiger partial charge in [0.15, 0.2) is 0 Å². The van der Waals surface area contributed by atoms with Gasteiger partial charge in [-0.05, 0) is 24.6 Å². The zero-order valence-corrected chi connectivity index (χ0v) is 12.3. The highest BCUT2D eigenvalue weighted by molar-refractivity contribution is 7.99. The lowest BCUT2D eigenvalue weighted by Gasteiger charge is -2.23. The van der Waals surface area contributed by atoms with E-state index in [1.54, 1.807) is 18.0 Å². The maximum absolute atomic E-state index is 5.81. The number of rotatable bonds is 7. The maximum atomic E-state index is 5.81. The van der Waals surface area contributed by atoms with E-state index in [2.05, 4.69) is 31.1 Å². The van der Waals surface area contributed by atoms with Crippen LogP contribution in [-0.2, 0) is 0 Å². The second-order valence-electron chi connectivity index (χ2n) is 4.18. The quantitative estimate of drug-likeness (QED) is 0.763. The zero-order valence-electron chi connectivity index (χ0n) is 10.7. The highest BCUT2D eigenvalue weighted by Gasteiger charge is 2.14. The van der Waals surface area contributed by atoms with E-state index in [0.29, 0.717) is 17.0 Å². The Morgan fingerprint density at radius 1 is 1.41 bits per heavy atom. The summed E-state index contributed by atoms with van der Waals surface area (Å²) in [5.41, 5.74) is 0. The summed E-state index contributed by atoms with van der Waals surface area (Å²) in [5, 5.41) is 5.28. The van der Waals surface area contributed by atoms with Crippen LogP contribution >= 0.6 is 23.4 Å². The summed E-state index contributed by atoms with van der Waals surface area (Å²) in [6.45, 7) is 7.70. The molecule has 1 heterocycles. The molecule has 4 heteroatoms. The Labute approximate surface area is 114 Å². The fourth-order valence-electron chi connectivity index (χ4n) is 1.59. The molecule has 1 aromatic heterocycles. The third kappa shape index (κ3) is 5.28. The van der Waals surface area contributed by atoms with Crippen LogP contribution in [0.4, 0.5) is 0 Å². The maximum Gasteiger partial charge on any atom is 0.0961 e. The van der Waals surface area contributed by atoms with Gasteiger partial charge in [0.25, 0.3) is 0 Å². The SMILES string of the molecule is CCNC(CSc1ccc(Cl)cn1)C(C)CC. The highest BCUT2D eigenvalue weighted by atomic mass is 35.5. The highest BCUT2D eigenvalue weighted by Crippen LogP contribution is 2.21. The molecular formula is C13H21ClN2S. The molecule has 0 bridgehead atoms. The fraction of sp³-hybridized carbons (Fsp3) is 0.615. The third-order valence-electron chi connectivity index (χ3n) is 2.91. The van der Waals surface area contributed by atoms with Crippen molar-refractivity contribution in [1.29, 1.82) is 0 Å². The van der Waals surface area contributed by atoms with Crippen LogP contribution < -0.4 is 5.32 Å². The van der Waals surface area contributed by atoms with Gasteiger partial charge in [-0.1, -0.05) is 38.8 Å². The number of aromatic nitrogens is 1. The van der Waals surface area contributed by atoms with Gasteiger partial charge in [0, 0.05) is 18.0 Å². The lowest BCUT2D eigenvalue weighted by atomic mass is 10.0. The topological polar surface area (TPSA) is 24.9 Å². The van der Waals surface area contributed by atoms with Crippen LogP contribution in [0.15, 0.2) is 23.4 Å². The number of thioether (sulfide) groups is 1. The number of pyridine rings is 1. The van der Waals surface area contributed by atoms with Gasteiger partial charge in [0.2, 0.25) is 0 Å². The van der Waals surface area contributed by atoms with Crippen molar-refractivity contribution in [1.82, 2.24) is 10.3 Å². The minimum Gasteiger partial charge on any atom is -0.313 e. The monoisotopic (exact) mass is 272 g/mol. The van der Waals surface area contributed by atoms with Crippen molar-refractivity contribution in [2.75, 3.05) is 12.3 Å². The van der Waals surface area contributed by atoms with Gasteiger partial charge in [-0.3, -0.25) is 0 Å². The summed E-state index contributed by atoms with van der Waals surface area (Å²) >= 11 is 7.60. The Kier molecular flexibility index (Phi) is 6.93. The third-order valence-corrected chi connectivity index (χ3v) is 4.19. The first kappa shape index (κ1) is 14.8. The van der Waals surface area contributed by atoms with Gasteiger partial charge in [-0.2, -0.15) is 0 Å². The predicted octanol–water partition coefficient (Wildman–Crippen LogP) is 3.85. The standard InChI is InChI=1S/C13H21ClN2S/c1-4-10(3)12(15-5-2)9-17-13-7-6-11(14)8-16-13/h6-8,10,12,15H,4-5,9H2,1-3H3. The largest absolute Gasteiger partial charge is 0.313 e. The molecule has 1 N–H and O–H groups in total. The molecule has 0 aliphatic carbocycles. The van der Waals surface area contributed by atoms with Crippen LogP contribution in [0.25, 0.3) is 0 Å². The molecule has 0 aliphatic rings. The normalized spacial score (nSPS) is 14.6.